The van der Waals surface area contributed by atoms with Crippen LogP contribution in [0.2, 0.25) is 0 Å². The molecule has 1 aromatic rings. The third-order valence-electron chi connectivity index (χ3n) is 0.772. The van der Waals surface area contributed by atoms with Crippen molar-refractivity contribution in [2.24, 2.45) is 5.73 Å². The first-order valence-corrected chi connectivity index (χ1v) is 2.40. The van der Waals surface area contributed by atoms with Crippen molar-refractivity contribution >= 4 is 6.09 Å². The monoisotopic (exact) mass is 126 g/mol. The largest absolute Gasteiger partial charge is 0.429 e. The molecule has 0 radical (unpaired) electrons. The molecule has 1 amide bonds. The van der Waals surface area contributed by atoms with Gasteiger partial charge in [0.1, 0.15) is 0 Å². The number of nitrogens with zero attached hydrogens (tertiary/aromatic N) is 1. The van der Waals surface area contributed by atoms with Crippen LogP contribution in [0, 0.1) is 0 Å². The Morgan fingerprint density at radius 3 is 2.44 bits per heavy atom. The number of aromatic nitrogens is 1. The number of amides is 1. The first-order chi connectivity index (χ1) is 4.29. The fourth-order valence-electron chi connectivity index (χ4n) is 0.483. The molecular weight excluding hydrogens is 120 g/mol. The highest BCUT2D eigenvalue weighted by Crippen LogP contribution is 1.83. The van der Waals surface area contributed by atoms with Gasteiger partial charge in [0.2, 0.25) is 0 Å². The summed E-state index contributed by atoms with van der Waals surface area (Å²) in [5.41, 5.74) is 4.70. The minimum atomic E-state index is -0.814. The number of nitrogens with two attached hydrogens (primary N) is 1. The summed E-state index contributed by atoms with van der Waals surface area (Å²) in [6.07, 6.45) is 2.33. The Labute approximate surface area is 51.8 Å². The van der Waals surface area contributed by atoms with E-state index >= 15 is 0 Å². The van der Waals surface area contributed by atoms with E-state index in [0.29, 0.717) is 0 Å². The van der Waals surface area contributed by atoms with Crippen molar-refractivity contribution in [1.82, 2.24) is 4.73 Å². The van der Waals surface area contributed by atoms with Gasteiger partial charge in [-0.3, -0.25) is 0 Å². The van der Waals surface area contributed by atoms with E-state index in [2.05, 4.69) is 4.84 Å². The van der Waals surface area contributed by atoms with Crippen molar-refractivity contribution in [3.05, 3.63) is 24.5 Å². The van der Waals surface area contributed by atoms with Crippen molar-refractivity contribution in [2.75, 3.05) is 0 Å². The van der Waals surface area contributed by atoms with Crippen molar-refractivity contribution < 1.29 is 9.63 Å². The summed E-state index contributed by atoms with van der Waals surface area (Å²) < 4.78 is 1.22. The van der Waals surface area contributed by atoms with Crippen molar-refractivity contribution in [1.29, 1.82) is 0 Å². The average Bonchev–Trinajstić information content (AvgIpc) is 2.15. The van der Waals surface area contributed by atoms with Crippen LogP contribution < -0.4 is 10.6 Å². The fourth-order valence-corrected chi connectivity index (χ4v) is 0.483. The van der Waals surface area contributed by atoms with Crippen molar-refractivity contribution in [3.8, 4) is 0 Å². The van der Waals surface area contributed by atoms with Gasteiger partial charge in [-0.1, -0.05) is 0 Å². The second-order valence-corrected chi connectivity index (χ2v) is 1.45. The van der Waals surface area contributed by atoms with Gasteiger partial charge in [-0.25, -0.2) is 4.79 Å². The molecule has 4 nitrogen and oxygen atoms in total. The molecule has 9 heavy (non-hydrogen) atoms. The molecule has 0 bridgehead atoms. The number of carbonyl (C=O) groups is 1. The van der Waals surface area contributed by atoms with Crippen LogP contribution in [0.15, 0.2) is 24.5 Å². The predicted molar refractivity (Wildman–Crippen MR) is 30.6 cm³/mol. The number of carbonyl (C=O) groups excluding carboxylic acids is 1. The highest BCUT2D eigenvalue weighted by atomic mass is 16.7. The van der Waals surface area contributed by atoms with Crippen LogP contribution in [0.3, 0.4) is 0 Å². The Balaban J connectivity index is 2.58. The zero-order chi connectivity index (χ0) is 6.69. The number of hydrogen-bond donors (Lipinski definition) is 1. The standard InChI is InChI=1S/C5H6N2O2/c6-5(8)9-7-3-1-2-4-7/h1-4H,(H2,6,8). The van der Waals surface area contributed by atoms with E-state index in [9.17, 15) is 4.79 Å². The summed E-state index contributed by atoms with van der Waals surface area (Å²) in [4.78, 5) is 14.5. The summed E-state index contributed by atoms with van der Waals surface area (Å²) in [7, 11) is 0. The molecule has 1 heterocycles. The number of primary amides is 1. The molecule has 0 saturated heterocycles. The van der Waals surface area contributed by atoms with Gasteiger partial charge in [-0.15, -0.1) is 0 Å². The highest BCUT2D eigenvalue weighted by molar-refractivity contribution is 5.64. The topological polar surface area (TPSA) is 57.3 Å². The lowest BCUT2D eigenvalue weighted by atomic mass is 10.7. The quantitative estimate of drug-likeness (QED) is 0.575. The molecule has 0 saturated carbocycles. The lowest BCUT2D eigenvalue weighted by Crippen LogP contribution is -2.24. The third-order valence-corrected chi connectivity index (χ3v) is 0.772. The van der Waals surface area contributed by atoms with E-state index in [-0.39, 0.29) is 0 Å². The molecule has 0 spiro atoms. The van der Waals surface area contributed by atoms with Crippen LogP contribution in [0.1, 0.15) is 0 Å². The molecule has 0 aliphatic carbocycles. The first kappa shape index (κ1) is 5.68. The highest BCUT2D eigenvalue weighted by Gasteiger charge is 1.91. The SMILES string of the molecule is NC(=O)On1cccc1. The van der Waals surface area contributed by atoms with Gasteiger partial charge >= 0.3 is 6.09 Å². The molecule has 0 fully saturated rings. The van der Waals surface area contributed by atoms with Crippen LogP contribution in [0.4, 0.5) is 4.79 Å². The zero-order valence-corrected chi connectivity index (χ0v) is 4.65. The first-order valence-electron chi connectivity index (χ1n) is 2.40. The van der Waals surface area contributed by atoms with Crippen LogP contribution in [0.5, 0.6) is 0 Å². The molecular formula is C5H6N2O2. The van der Waals surface area contributed by atoms with Gasteiger partial charge in [0, 0.05) is 12.4 Å². The fraction of sp³-hybridized carbons (Fsp3) is 0. The molecule has 48 valence electrons. The lowest BCUT2D eigenvalue weighted by Gasteiger charge is -1.96. The normalized spacial score (nSPS) is 8.89. The van der Waals surface area contributed by atoms with E-state index in [0.717, 1.165) is 0 Å². The smallest absolute Gasteiger partial charge is 0.333 e. The third kappa shape index (κ3) is 1.49. The van der Waals surface area contributed by atoms with Gasteiger partial charge in [-0.2, -0.15) is 4.73 Å². The molecule has 0 aromatic carbocycles. The van der Waals surface area contributed by atoms with E-state index < -0.39 is 6.09 Å². The van der Waals surface area contributed by atoms with Crippen LogP contribution >= 0.6 is 0 Å². The van der Waals surface area contributed by atoms with Crippen molar-refractivity contribution in [3.63, 3.8) is 0 Å². The van der Waals surface area contributed by atoms with E-state index in [1.807, 2.05) is 0 Å². The molecule has 0 unspecified atom stereocenters. The van der Waals surface area contributed by atoms with Crippen molar-refractivity contribution in [2.45, 2.75) is 0 Å². The van der Waals surface area contributed by atoms with E-state index in [1.165, 1.54) is 4.73 Å². The minimum absolute atomic E-state index is 0.814. The summed E-state index contributed by atoms with van der Waals surface area (Å²) in [5, 5.41) is 0. The zero-order valence-electron chi connectivity index (χ0n) is 4.65. The van der Waals surface area contributed by atoms with Gasteiger partial charge in [0.15, 0.2) is 0 Å². The second kappa shape index (κ2) is 2.21. The van der Waals surface area contributed by atoms with Gasteiger partial charge in [0.25, 0.3) is 0 Å². The Bertz CT molecular complexity index is 193. The molecule has 0 atom stereocenters. The Hall–Kier alpha value is -1.45. The maximum absolute atomic E-state index is 10.0. The van der Waals surface area contributed by atoms with E-state index in [4.69, 9.17) is 5.73 Å². The Morgan fingerprint density at radius 2 is 2.00 bits per heavy atom. The lowest BCUT2D eigenvalue weighted by molar-refractivity contribution is 0.143. The summed E-state index contributed by atoms with van der Waals surface area (Å²) in [6, 6.07) is 3.45. The number of rotatable bonds is 1. The molecule has 4 heteroatoms. The molecule has 0 aliphatic heterocycles. The summed E-state index contributed by atoms with van der Waals surface area (Å²) in [6.45, 7) is 0. The second-order valence-electron chi connectivity index (χ2n) is 1.45. The minimum Gasteiger partial charge on any atom is -0.333 e. The predicted octanol–water partition coefficient (Wildman–Crippen LogP) is -0.00460. The average molecular weight is 126 g/mol. The maximum Gasteiger partial charge on any atom is 0.429 e. The van der Waals surface area contributed by atoms with Gasteiger partial charge < -0.3 is 10.6 Å². The molecule has 2 N–H and O–H groups in total. The van der Waals surface area contributed by atoms with Crippen LogP contribution in [0.25, 0.3) is 0 Å². The summed E-state index contributed by atoms with van der Waals surface area (Å²) in [5.74, 6) is 0. The van der Waals surface area contributed by atoms with E-state index in [1.54, 1.807) is 24.5 Å². The van der Waals surface area contributed by atoms with Gasteiger partial charge in [0.05, 0.1) is 0 Å². The van der Waals surface area contributed by atoms with Crippen LogP contribution in [-0.4, -0.2) is 10.8 Å². The Morgan fingerprint density at radius 1 is 1.44 bits per heavy atom. The Kier molecular flexibility index (Phi) is 1.40. The molecule has 1 aromatic heterocycles. The number of hydrogen-bond acceptors (Lipinski definition) is 2. The molecule has 1 rings (SSSR count). The maximum atomic E-state index is 10.0. The summed E-state index contributed by atoms with van der Waals surface area (Å²) >= 11 is 0. The molecule has 0 aliphatic rings. The van der Waals surface area contributed by atoms with Crippen LogP contribution in [-0.2, 0) is 0 Å². The van der Waals surface area contributed by atoms with Gasteiger partial charge in [-0.05, 0) is 12.1 Å².